The lowest BCUT2D eigenvalue weighted by Gasteiger charge is -2.11. The third-order valence-corrected chi connectivity index (χ3v) is 3.31. The van der Waals surface area contributed by atoms with Crippen LogP contribution in [0.25, 0.3) is 0 Å². The van der Waals surface area contributed by atoms with Gasteiger partial charge in [-0.15, -0.1) is 11.6 Å². The molecular weight excluding hydrogens is 254 g/mol. The molecule has 3 heteroatoms. The van der Waals surface area contributed by atoms with Crippen molar-refractivity contribution in [1.29, 1.82) is 0 Å². The van der Waals surface area contributed by atoms with Crippen LogP contribution in [0.15, 0.2) is 42.5 Å². The number of hydrogen-bond donors (Lipinski definition) is 0. The van der Waals surface area contributed by atoms with Crippen molar-refractivity contribution >= 4 is 11.6 Å². The highest BCUT2D eigenvalue weighted by atomic mass is 35.5. The van der Waals surface area contributed by atoms with Gasteiger partial charge in [-0.25, -0.2) is 8.78 Å². The number of benzene rings is 2. The van der Waals surface area contributed by atoms with Crippen LogP contribution >= 0.6 is 11.6 Å². The molecule has 18 heavy (non-hydrogen) atoms. The molecule has 1 atom stereocenters. The lowest BCUT2D eigenvalue weighted by atomic mass is 10.0. The molecule has 0 fully saturated rings. The maximum absolute atomic E-state index is 13.5. The van der Waals surface area contributed by atoms with E-state index in [0.29, 0.717) is 17.5 Å². The van der Waals surface area contributed by atoms with Crippen LogP contribution in [0.1, 0.15) is 22.1 Å². The smallest absolute Gasteiger partial charge is 0.126 e. The Morgan fingerprint density at radius 1 is 1.06 bits per heavy atom. The molecule has 0 aromatic heterocycles. The highest BCUT2D eigenvalue weighted by Crippen LogP contribution is 2.27. The van der Waals surface area contributed by atoms with Gasteiger partial charge in [-0.3, -0.25) is 0 Å². The van der Waals surface area contributed by atoms with Crippen molar-refractivity contribution < 1.29 is 8.78 Å². The molecule has 2 rings (SSSR count). The average Bonchev–Trinajstić information content (AvgIpc) is 2.35. The summed E-state index contributed by atoms with van der Waals surface area (Å²) < 4.78 is 26.6. The zero-order valence-corrected chi connectivity index (χ0v) is 10.7. The van der Waals surface area contributed by atoms with E-state index in [-0.39, 0.29) is 17.0 Å². The average molecular weight is 267 g/mol. The van der Waals surface area contributed by atoms with Crippen molar-refractivity contribution in [3.05, 3.63) is 70.8 Å². The Morgan fingerprint density at radius 3 is 2.44 bits per heavy atom. The minimum absolute atomic E-state index is 0.256. The Morgan fingerprint density at radius 2 is 1.78 bits per heavy atom. The maximum Gasteiger partial charge on any atom is 0.126 e. The summed E-state index contributed by atoms with van der Waals surface area (Å²) in [5.41, 5.74) is 1.92. The Balaban J connectivity index is 2.19. The molecule has 0 saturated carbocycles. The highest BCUT2D eigenvalue weighted by Gasteiger charge is 2.12. The van der Waals surface area contributed by atoms with E-state index in [1.807, 2.05) is 0 Å². The number of halogens is 3. The van der Waals surface area contributed by atoms with E-state index in [1.54, 1.807) is 37.3 Å². The molecule has 0 saturated heterocycles. The van der Waals surface area contributed by atoms with Crippen LogP contribution in [-0.4, -0.2) is 0 Å². The van der Waals surface area contributed by atoms with E-state index in [4.69, 9.17) is 11.6 Å². The van der Waals surface area contributed by atoms with Gasteiger partial charge >= 0.3 is 0 Å². The maximum atomic E-state index is 13.5. The van der Waals surface area contributed by atoms with Crippen LogP contribution < -0.4 is 0 Å². The van der Waals surface area contributed by atoms with E-state index in [1.165, 1.54) is 12.1 Å². The topological polar surface area (TPSA) is 0 Å². The summed E-state index contributed by atoms with van der Waals surface area (Å²) in [7, 11) is 0. The monoisotopic (exact) mass is 266 g/mol. The summed E-state index contributed by atoms with van der Waals surface area (Å²) in [6.07, 6.45) is 0.388. The van der Waals surface area contributed by atoms with Gasteiger partial charge in [0.1, 0.15) is 11.6 Å². The Kier molecular flexibility index (Phi) is 3.97. The molecule has 0 aliphatic rings. The normalized spacial score (nSPS) is 12.4. The van der Waals surface area contributed by atoms with Crippen LogP contribution in [0.2, 0.25) is 0 Å². The van der Waals surface area contributed by atoms with E-state index in [2.05, 4.69) is 0 Å². The summed E-state index contributed by atoms with van der Waals surface area (Å²) in [6, 6.07) is 11.3. The van der Waals surface area contributed by atoms with E-state index in [9.17, 15) is 8.78 Å². The van der Waals surface area contributed by atoms with Gasteiger partial charge in [0.05, 0.1) is 5.38 Å². The van der Waals surface area contributed by atoms with Crippen molar-refractivity contribution in [3.63, 3.8) is 0 Å². The lowest BCUT2D eigenvalue weighted by Crippen LogP contribution is -1.99. The summed E-state index contributed by atoms with van der Waals surface area (Å²) in [6.45, 7) is 1.69. The highest BCUT2D eigenvalue weighted by molar-refractivity contribution is 6.20. The standard InChI is InChI=1S/C15H13ClF2/c1-10-8-11(6-7-14(10)17)13(16)9-12-4-2-3-5-15(12)18/h2-8,13H,9H2,1H3. The molecule has 0 amide bonds. The van der Waals surface area contributed by atoms with Crippen LogP contribution in [-0.2, 0) is 6.42 Å². The van der Waals surface area contributed by atoms with Gasteiger partial charge in [0, 0.05) is 0 Å². The molecule has 94 valence electrons. The van der Waals surface area contributed by atoms with Gasteiger partial charge in [-0.05, 0) is 42.2 Å². The van der Waals surface area contributed by atoms with E-state index in [0.717, 1.165) is 5.56 Å². The zero-order valence-electron chi connectivity index (χ0n) is 9.96. The van der Waals surface area contributed by atoms with Crippen LogP contribution in [0.5, 0.6) is 0 Å². The predicted molar refractivity (Wildman–Crippen MR) is 69.8 cm³/mol. The fourth-order valence-electron chi connectivity index (χ4n) is 1.84. The van der Waals surface area contributed by atoms with Gasteiger partial charge in [-0.1, -0.05) is 30.3 Å². The van der Waals surface area contributed by atoms with Gasteiger partial charge in [0.2, 0.25) is 0 Å². The number of alkyl halides is 1. The largest absolute Gasteiger partial charge is 0.207 e. The second kappa shape index (κ2) is 5.49. The number of hydrogen-bond acceptors (Lipinski definition) is 0. The minimum atomic E-state index is -0.360. The third-order valence-electron chi connectivity index (χ3n) is 2.90. The molecular formula is C15H13ClF2. The first-order valence-electron chi connectivity index (χ1n) is 5.71. The fraction of sp³-hybridized carbons (Fsp3) is 0.200. The Hall–Kier alpha value is -1.41. The summed E-state index contributed by atoms with van der Waals surface area (Å²) >= 11 is 6.25. The first-order chi connectivity index (χ1) is 8.58. The summed E-state index contributed by atoms with van der Waals surface area (Å²) in [5, 5.41) is -0.360. The molecule has 2 aromatic carbocycles. The van der Waals surface area contributed by atoms with Gasteiger partial charge < -0.3 is 0 Å². The summed E-state index contributed by atoms with van der Waals surface area (Å²) in [5.74, 6) is -0.518. The van der Waals surface area contributed by atoms with Gasteiger partial charge in [0.15, 0.2) is 0 Å². The zero-order chi connectivity index (χ0) is 13.1. The molecule has 0 spiro atoms. The molecule has 1 unspecified atom stereocenters. The first kappa shape index (κ1) is 13.0. The van der Waals surface area contributed by atoms with Crippen LogP contribution in [0, 0.1) is 18.6 Å². The molecule has 0 N–H and O–H groups in total. The van der Waals surface area contributed by atoms with Crippen LogP contribution in [0.3, 0.4) is 0 Å². The molecule has 0 aliphatic carbocycles. The third kappa shape index (κ3) is 2.88. The quantitative estimate of drug-likeness (QED) is 0.701. The molecule has 0 heterocycles. The minimum Gasteiger partial charge on any atom is -0.207 e. The Labute approximate surface area is 110 Å². The lowest BCUT2D eigenvalue weighted by molar-refractivity contribution is 0.606. The SMILES string of the molecule is Cc1cc(C(Cl)Cc2ccccc2F)ccc1F. The van der Waals surface area contributed by atoms with Crippen molar-refractivity contribution in [2.45, 2.75) is 18.7 Å². The van der Waals surface area contributed by atoms with Gasteiger partial charge in [-0.2, -0.15) is 0 Å². The molecule has 0 radical (unpaired) electrons. The van der Waals surface area contributed by atoms with Crippen molar-refractivity contribution in [1.82, 2.24) is 0 Å². The second-order valence-electron chi connectivity index (χ2n) is 4.27. The van der Waals surface area contributed by atoms with E-state index >= 15 is 0 Å². The Bertz CT molecular complexity index is 552. The van der Waals surface area contributed by atoms with Crippen molar-refractivity contribution in [2.24, 2.45) is 0 Å². The fourth-order valence-corrected chi connectivity index (χ4v) is 2.14. The first-order valence-corrected chi connectivity index (χ1v) is 6.15. The molecule has 2 aromatic rings. The second-order valence-corrected chi connectivity index (χ2v) is 4.80. The number of rotatable bonds is 3. The van der Waals surface area contributed by atoms with Gasteiger partial charge in [0.25, 0.3) is 0 Å². The molecule has 0 nitrogen and oxygen atoms in total. The predicted octanol–water partition coefficient (Wildman–Crippen LogP) is 4.80. The summed E-state index contributed by atoms with van der Waals surface area (Å²) in [4.78, 5) is 0. The molecule has 0 aliphatic heterocycles. The number of aryl methyl sites for hydroxylation is 1. The van der Waals surface area contributed by atoms with Crippen molar-refractivity contribution in [2.75, 3.05) is 0 Å². The van der Waals surface area contributed by atoms with E-state index < -0.39 is 0 Å². The van der Waals surface area contributed by atoms with Crippen molar-refractivity contribution in [3.8, 4) is 0 Å². The van der Waals surface area contributed by atoms with Crippen LogP contribution in [0.4, 0.5) is 8.78 Å². The molecule has 0 bridgehead atoms.